The summed E-state index contributed by atoms with van der Waals surface area (Å²) in [6.45, 7) is 8.84. The average molecular weight is 292 g/mol. The number of hydrogen-bond acceptors (Lipinski definition) is 2. The number of piperazine rings is 1. The lowest BCUT2D eigenvalue weighted by molar-refractivity contribution is -0.892. The summed E-state index contributed by atoms with van der Waals surface area (Å²) in [6, 6.07) is 6.44. The highest BCUT2D eigenvalue weighted by molar-refractivity contribution is 5.77. The number of nitrogens with one attached hydrogen (secondary N) is 3. The van der Waals surface area contributed by atoms with Crippen LogP contribution in [0.5, 0.6) is 0 Å². The second kappa shape index (κ2) is 7.98. The summed E-state index contributed by atoms with van der Waals surface area (Å²) in [5, 5.41) is 3.09. The van der Waals surface area contributed by atoms with Gasteiger partial charge < -0.3 is 10.2 Å². The Morgan fingerprint density at radius 1 is 1.43 bits per heavy atom. The molecule has 5 heteroatoms. The molecule has 0 bridgehead atoms. The number of H-pyrrole nitrogens is 1. The van der Waals surface area contributed by atoms with Crippen molar-refractivity contribution < 1.29 is 14.7 Å². The molecule has 2 heterocycles. The Morgan fingerprint density at radius 3 is 2.81 bits per heavy atom. The van der Waals surface area contributed by atoms with Gasteiger partial charge in [-0.15, -0.1) is 0 Å². The lowest BCUT2D eigenvalue weighted by atomic mass is 10.2. The summed E-state index contributed by atoms with van der Waals surface area (Å²) in [6.07, 6.45) is 4.12. The third kappa shape index (κ3) is 5.01. The van der Waals surface area contributed by atoms with E-state index in [-0.39, 0.29) is 5.91 Å². The third-order valence-electron chi connectivity index (χ3n) is 4.04. The SMILES string of the molecule is CCC[C@@H](C)NC(=O)C[NH+]1CCN(c2cccc[nH+]2)CC1. The maximum Gasteiger partial charge on any atom is 0.275 e. The highest BCUT2D eigenvalue weighted by Gasteiger charge is 2.27. The third-order valence-corrected chi connectivity index (χ3v) is 4.04. The summed E-state index contributed by atoms with van der Waals surface area (Å²) in [5.74, 6) is 1.35. The molecule has 1 aliphatic heterocycles. The van der Waals surface area contributed by atoms with Crippen LogP contribution >= 0.6 is 0 Å². The normalized spacial score (nSPS) is 17.5. The molecule has 21 heavy (non-hydrogen) atoms. The molecule has 0 aliphatic carbocycles. The quantitative estimate of drug-likeness (QED) is 0.743. The van der Waals surface area contributed by atoms with Crippen molar-refractivity contribution in [2.75, 3.05) is 37.6 Å². The highest BCUT2D eigenvalue weighted by Crippen LogP contribution is 2.04. The topological polar surface area (TPSA) is 50.9 Å². The fourth-order valence-corrected chi connectivity index (χ4v) is 2.88. The van der Waals surface area contributed by atoms with Crippen LogP contribution in [-0.4, -0.2) is 44.7 Å². The van der Waals surface area contributed by atoms with Crippen LogP contribution in [0.3, 0.4) is 0 Å². The molecule has 116 valence electrons. The number of nitrogens with zero attached hydrogens (tertiary/aromatic N) is 1. The zero-order valence-corrected chi connectivity index (χ0v) is 13.2. The van der Waals surface area contributed by atoms with Crippen LogP contribution in [0.4, 0.5) is 5.82 Å². The molecule has 5 nitrogen and oxygen atoms in total. The predicted octanol–water partition coefficient (Wildman–Crippen LogP) is -0.490. The number of carbonyl (C=O) groups excluding carboxylic acids is 1. The van der Waals surface area contributed by atoms with Crippen LogP contribution < -0.4 is 20.1 Å². The number of amides is 1. The van der Waals surface area contributed by atoms with Crippen molar-refractivity contribution in [3.63, 3.8) is 0 Å². The fraction of sp³-hybridized carbons (Fsp3) is 0.625. The molecule has 1 aromatic heterocycles. The molecule has 1 aromatic rings. The maximum absolute atomic E-state index is 12.0. The van der Waals surface area contributed by atoms with E-state index in [1.54, 1.807) is 0 Å². The van der Waals surface area contributed by atoms with E-state index in [2.05, 4.69) is 35.1 Å². The highest BCUT2D eigenvalue weighted by atomic mass is 16.2. The molecule has 2 rings (SSSR count). The van der Waals surface area contributed by atoms with Gasteiger partial charge in [0.1, 0.15) is 26.2 Å². The molecule has 0 unspecified atom stereocenters. The summed E-state index contributed by atoms with van der Waals surface area (Å²) in [5.41, 5.74) is 0. The first kappa shape index (κ1) is 15.8. The molecule has 1 atom stereocenters. The molecule has 1 fully saturated rings. The van der Waals surface area contributed by atoms with Crippen LogP contribution in [0.1, 0.15) is 26.7 Å². The zero-order valence-electron chi connectivity index (χ0n) is 13.2. The molecule has 0 radical (unpaired) electrons. The second-order valence-corrected chi connectivity index (χ2v) is 5.92. The summed E-state index contributed by atoms with van der Waals surface area (Å²) >= 11 is 0. The number of aromatic amines is 1. The molecule has 0 aromatic carbocycles. The van der Waals surface area contributed by atoms with Gasteiger partial charge in [-0.05, 0) is 19.4 Å². The van der Waals surface area contributed by atoms with Crippen molar-refractivity contribution in [1.29, 1.82) is 0 Å². The van der Waals surface area contributed by atoms with Gasteiger partial charge in [-0.3, -0.25) is 9.69 Å². The Morgan fingerprint density at radius 2 is 2.19 bits per heavy atom. The van der Waals surface area contributed by atoms with Crippen LogP contribution in [0.25, 0.3) is 0 Å². The largest absolute Gasteiger partial charge is 0.349 e. The van der Waals surface area contributed by atoms with E-state index >= 15 is 0 Å². The van der Waals surface area contributed by atoms with E-state index in [0.29, 0.717) is 12.6 Å². The Bertz CT molecular complexity index is 429. The number of aromatic nitrogens is 1. The first-order valence-electron chi connectivity index (χ1n) is 8.03. The summed E-state index contributed by atoms with van der Waals surface area (Å²) in [7, 11) is 0. The molecule has 1 aliphatic rings. The van der Waals surface area contributed by atoms with Gasteiger partial charge in [-0.1, -0.05) is 19.4 Å². The zero-order chi connectivity index (χ0) is 15.1. The molecule has 3 N–H and O–H groups in total. The van der Waals surface area contributed by atoms with Crippen LogP contribution in [0, 0.1) is 0 Å². The minimum absolute atomic E-state index is 0.186. The van der Waals surface area contributed by atoms with Crippen molar-refractivity contribution in [3.05, 3.63) is 24.4 Å². The number of rotatable bonds is 6. The lowest BCUT2D eigenvalue weighted by Crippen LogP contribution is -3.16. The Balaban J connectivity index is 1.73. The number of anilines is 1. The molecule has 1 saturated heterocycles. The fourth-order valence-electron chi connectivity index (χ4n) is 2.88. The van der Waals surface area contributed by atoms with E-state index in [1.165, 1.54) is 4.90 Å². The van der Waals surface area contributed by atoms with Gasteiger partial charge in [0, 0.05) is 12.1 Å². The predicted molar refractivity (Wildman–Crippen MR) is 83.3 cm³/mol. The van der Waals surface area contributed by atoms with Gasteiger partial charge in [0.15, 0.2) is 6.54 Å². The van der Waals surface area contributed by atoms with E-state index in [1.807, 2.05) is 18.3 Å². The van der Waals surface area contributed by atoms with Crippen LogP contribution in [-0.2, 0) is 4.79 Å². The standard InChI is InChI=1S/C16H26N4O/c1-3-6-14(2)18-16(21)13-19-9-11-20(12-10-19)15-7-4-5-8-17-15/h4-5,7-8,14H,3,6,9-13H2,1-2H3,(H,18,21)/p+2/t14-/m1/s1. The molecule has 1 amide bonds. The Hall–Kier alpha value is -1.62. The molecular weight excluding hydrogens is 264 g/mol. The van der Waals surface area contributed by atoms with E-state index < -0.39 is 0 Å². The molecular formula is C16H28N4O+2. The smallest absolute Gasteiger partial charge is 0.275 e. The van der Waals surface area contributed by atoms with Crippen molar-refractivity contribution >= 4 is 11.7 Å². The minimum atomic E-state index is 0.186. The van der Waals surface area contributed by atoms with Crippen molar-refractivity contribution in [3.8, 4) is 0 Å². The number of quaternary nitrogens is 1. The first-order valence-corrected chi connectivity index (χ1v) is 8.03. The van der Waals surface area contributed by atoms with Gasteiger partial charge in [-0.2, -0.15) is 0 Å². The van der Waals surface area contributed by atoms with Gasteiger partial charge in [0.05, 0.1) is 6.20 Å². The molecule has 0 spiro atoms. The van der Waals surface area contributed by atoms with Crippen molar-refractivity contribution in [2.45, 2.75) is 32.7 Å². The summed E-state index contributed by atoms with van der Waals surface area (Å²) in [4.78, 5) is 19.0. The number of carbonyl (C=O) groups is 1. The van der Waals surface area contributed by atoms with E-state index in [4.69, 9.17) is 0 Å². The van der Waals surface area contributed by atoms with Gasteiger partial charge in [0.2, 0.25) is 0 Å². The van der Waals surface area contributed by atoms with E-state index in [0.717, 1.165) is 44.8 Å². The first-order chi connectivity index (χ1) is 10.2. The maximum atomic E-state index is 12.0. The second-order valence-electron chi connectivity index (χ2n) is 5.92. The van der Waals surface area contributed by atoms with Crippen molar-refractivity contribution in [2.24, 2.45) is 0 Å². The summed E-state index contributed by atoms with van der Waals surface area (Å²) < 4.78 is 0. The van der Waals surface area contributed by atoms with Gasteiger partial charge >= 0.3 is 0 Å². The Kier molecular flexibility index (Phi) is 5.99. The number of hydrogen-bond donors (Lipinski definition) is 2. The lowest BCUT2D eigenvalue weighted by Gasteiger charge is -2.28. The van der Waals surface area contributed by atoms with Crippen molar-refractivity contribution in [1.82, 2.24) is 5.32 Å². The van der Waals surface area contributed by atoms with Gasteiger partial charge in [-0.25, -0.2) is 4.98 Å². The Labute approximate surface area is 127 Å². The van der Waals surface area contributed by atoms with Gasteiger partial charge in [0.25, 0.3) is 11.7 Å². The monoisotopic (exact) mass is 292 g/mol. The average Bonchev–Trinajstić information content (AvgIpc) is 2.49. The van der Waals surface area contributed by atoms with Crippen LogP contribution in [0.15, 0.2) is 24.4 Å². The molecule has 0 saturated carbocycles. The van der Waals surface area contributed by atoms with E-state index in [9.17, 15) is 4.79 Å². The van der Waals surface area contributed by atoms with Crippen LogP contribution in [0.2, 0.25) is 0 Å². The number of pyridine rings is 1. The minimum Gasteiger partial charge on any atom is -0.349 e.